The smallest absolute Gasteiger partial charge is 0.228 e. The van der Waals surface area contributed by atoms with E-state index in [4.69, 9.17) is 4.74 Å². The summed E-state index contributed by atoms with van der Waals surface area (Å²) in [6.45, 7) is 8.62. The molecule has 2 aliphatic carbocycles. The molecule has 2 amide bonds. The fourth-order valence-electron chi connectivity index (χ4n) is 3.85. The van der Waals surface area contributed by atoms with Gasteiger partial charge in [0.15, 0.2) is 0 Å². The summed E-state index contributed by atoms with van der Waals surface area (Å²) in [5.74, 6) is 2.11. The average Bonchev–Trinajstić information content (AvgIpc) is 3.51. The van der Waals surface area contributed by atoms with Gasteiger partial charge in [0.2, 0.25) is 11.8 Å². The third kappa shape index (κ3) is 4.84. The number of amides is 2. The number of hydrogen-bond acceptors (Lipinski definition) is 3. The number of carbonyl (C=O) groups excluding carboxylic acids is 2. The molecule has 2 saturated carbocycles. The normalized spacial score (nSPS) is 22.7. The Morgan fingerprint density at radius 2 is 1.30 bits per heavy atom. The first-order chi connectivity index (χ1) is 14.1. The van der Waals surface area contributed by atoms with Crippen molar-refractivity contribution in [2.75, 3.05) is 10.6 Å². The van der Waals surface area contributed by atoms with E-state index in [9.17, 15) is 9.59 Å². The topological polar surface area (TPSA) is 67.4 Å². The molecule has 0 radical (unpaired) electrons. The molecule has 0 heterocycles. The van der Waals surface area contributed by atoms with Crippen LogP contribution in [0.3, 0.4) is 0 Å². The number of carbonyl (C=O) groups is 2. The number of anilines is 2. The first-order valence-electron chi connectivity index (χ1n) is 10.6. The summed E-state index contributed by atoms with van der Waals surface area (Å²) in [4.78, 5) is 24.3. The second kappa shape index (κ2) is 7.46. The predicted octanol–water partition coefficient (Wildman–Crippen LogP) is 5.84. The highest BCUT2D eigenvalue weighted by Gasteiger charge is 2.50. The van der Waals surface area contributed by atoms with Gasteiger partial charge in [-0.2, -0.15) is 0 Å². The lowest BCUT2D eigenvalue weighted by Crippen LogP contribution is -2.16. The molecule has 0 bridgehead atoms. The van der Waals surface area contributed by atoms with Crippen molar-refractivity contribution >= 4 is 23.2 Å². The highest BCUT2D eigenvalue weighted by atomic mass is 16.5. The van der Waals surface area contributed by atoms with Crippen LogP contribution in [0.15, 0.2) is 48.5 Å². The minimum Gasteiger partial charge on any atom is -0.457 e. The zero-order chi connectivity index (χ0) is 21.5. The fourth-order valence-corrected chi connectivity index (χ4v) is 3.85. The van der Waals surface area contributed by atoms with E-state index >= 15 is 0 Å². The van der Waals surface area contributed by atoms with Crippen LogP contribution in [0.1, 0.15) is 47.0 Å². The molecule has 30 heavy (non-hydrogen) atoms. The SMILES string of the molecule is CC1(C)CC1CC(=O)Nc1ccc(Oc2ccc(NC(=O)C3CC3(C)C)cc2)cc1. The molecule has 2 aromatic carbocycles. The van der Waals surface area contributed by atoms with Crippen molar-refractivity contribution in [2.24, 2.45) is 22.7 Å². The van der Waals surface area contributed by atoms with Crippen LogP contribution in [0.25, 0.3) is 0 Å². The minimum atomic E-state index is 0.0615. The van der Waals surface area contributed by atoms with Crippen molar-refractivity contribution in [1.82, 2.24) is 0 Å². The molecule has 2 unspecified atom stereocenters. The zero-order valence-corrected chi connectivity index (χ0v) is 18.1. The van der Waals surface area contributed by atoms with Gasteiger partial charge in [0.25, 0.3) is 0 Å². The van der Waals surface area contributed by atoms with Crippen molar-refractivity contribution in [3.63, 3.8) is 0 Å². The standard InChI is InChI=1S/C25H30N2O3/c1-24(2)14-16(24)13-22(28)26-17-5-9-19(10-6-17)30-20-11-7-18(8-12-20)27-23(29)21-15-25(21,3)4/h5-12,16,21H,13-15H2,1-4H3,(H,26,28)(H,27,29). The third-order valence-corrected chi connectivity index (χ3v) is 6.47. The van der Waals surface area contributed by atoms with Crippen LogP contribution in [-0.2, 0) is 9.59 Å². The van der Waals surface area contributed by atoms with Gasteiger partial charge in [0.05, 0.1) is 0 Å². The van der Waals surface area contributed by atoms with Gasteiger partial charge in [-0.15, -0.1) is 0 Å². The van der Waals surface area contributed by atoms with Gasteiger partial charge in [0.1, 0.15) is 11.5 Å². The molecular weight excluding hydrogens is 376 g/mol. The maximum atomic E-state index is 12.2. The zero-order valence-electron chi connectivity index (χ0n) is 18.1. The first kappa shape index (κ1) is 20.5. The molecule has 2 atom stereocenters. The number of nitrogens with one attached hydrogen (secondary N) is 2. The number of hydrogen-bond donors (Lipinski definition) is 2. The predicted molar refractivity (Wildman–Crippen MR) is 119 cm³/mol. The van der Waals surface area contributed by atoms with Crippen LogP contribution in [-0.4, -0.2) is 11.8 Å². The van der Waals surface area contributed by atoms with Gasteiger partial charge >= 0.3 is 0 Å². The monoisotopic (exact) mass is 406 g/mol. The lowest BCUT2D eigenvalue weighted by Gasteiger charge is -2.10. The Bertz CT molecular complexity index is 945. The highest BCUT2D eigenvalue weighted by Crippen LogP contribution is 2.53. The van der Waals surface area contributed by atoms with Crippen LogP contribution in [0, 0.1) is 22.7 Å². The molecule has 2 N–H and O–H groups in total. The number of ether oxygens (including phenoxy) is 1. The lowest BCUT2D eigenvalue weighted by atomic mass is 10.1. The van der Waals surface area contributed by atoms with E-state index in [1.165, 1.54) is 0 Å². The molecule has 4 rings (SSSR count). The number of benzene rings is 2. The van der Waals surface area contributed by atoms with Crippen molar-refractivity contribution in [1.29, 1.82) is 0 Å². The summed E-state index contributed by atoms with van der Waals surface area (Å²) in [7, 11) is 0. The van der Waals surface area contributed by atoms with E-state index in [2.05, 4.69) is 38.3 Å². The van der Waals surface area contributed by atoms with Crippen molar-refractivity contribution in [2.45, 2.75) is 47.0 Å². The van der Waals surface area contributed by atoms with E-state index in [0.29, 0.717) is 29.3 Å². The fraction of sp³-hybridized carbons (Fsp3) is 0.440. The first-order valence-corrected chi connectivity index (χ1v) is 10.6. The summed E-state index contributed by atoms with van der Waals surface area (Å²) < 4.78 is 5.87. The molecule has 0 aliphatic heterocycles. The van der Waals surface area contributed by atoms with Gasteiger partial charge in [0, 0.05) is 23.7 Å². The molecule has 2 aromatic rings. The Balaban J connectivity index is 1.27. The quantitative estimate of drug-likeness (QED) is 0.607. The van der Waals surface area contributed by atoms with Crippen molar-refractivity contribution < 1.29 is 14.3 Å². The van der Waals surface area contributed by atoms with E-state index in [-0.39, 0.29) is 23.1 Å². The van der Waals surface area contributed by atoms with Crippen LogP contribution < -0.4 is 15.4 Å². The summed E-state index contributed by atoms with van der Waals surface area (Å²) in [5, 5.41) is 5.92. The third-order valence-electron chi connectivity index (χ3n) is 6.47. The Kier molecular flexibility index (Phi) is 5.08. The summed E-state index contributed by atoms with van der Waals surface area (Å²) in [5.41, 5.74) is 1.97. The van der Waals surface area contributed by atoms with E-state index in [0.717, 1.165) is 24.2 Å². The summed E-state index contributed by atoms with van der Waals surface area (Å²) in [6, 6.07) is 14.7. The molecule has 0 spiro atoms. The summed E-state index contributed by atoms with van der Waals surface area (Å²) >= 11 is 0. The molecule has 0 aromatic heterocycles. The Morgan fingerprint density at radius 3 is 1.73 bits per heavy atom. The minimum absolute atomic E-state index is 0.0615. The van der Waals surface area contributed by atoms with Crippen LogP contribution in [0.5, 0.6) is 11.5 Å². The largest absolute Gasteiger partial charge is 0.457 e. The van der Waals surface area contributed by atoms with E-state index in [1.807, 2.05) is 48.5 Å². The Labute approximate surface area is 178 Å². The van der Waals surface area contributed by atoms with E-state index in [1.54, 1.807) is 0 Å². The molecule has 2 fully saturated rings. The molecule has 0 saturated heterocycles. The van der Waals surface area contributed by atoms with Gasteiger partial charge in [-0.1, -0.05) is 27.7 Å². The Morgan fingerprint density at radius 1 is 0.833 bits per heavy atom. The van der Waals surface area contributed by atoms with Gasteiger partial charge in [-0.05, 0) is 78.1 Å². The molecular formula is C25H30N2O3. The lowest BCUT2D eigenvalue weighted by molar-refractivity contribution is -0.118. The molecule has 158 valence electrons. The van der Waals surface area contributed by atoms with E-state index < -0.39 is 0 Å². The second-order valence-electron chi connectivity index (χ2n) is 10.0. The maximum absolute atomic E-state index is 12.2. The van der Waals surface area contributed by atoms with Crippen molar-refractivity contribution in [3.8, 4) is 11.5 Å². The highest BCUT2D eigenvalue weighted by molar-refractivity contribution is 5.95. The van der Waals surface area contributed by atoms with Gasteiger partial charge in [-0.25, -0.2) is 0 Å². The van der Waals surface area contributed by atoms with Gasteiger partial charge in [-0.3, -0.25) is 9.59 Å². The number of rotatable bonds is 7. The molecule has 5 heteroatoms. The molecule has 2 aliphatic rings. The van der Waals surface area contributed by atoms with Gasteiger partial charge < -0.3 is 15.4 Å². The molecule has 5 nitrogen and oxygen atoms in total. The Hall–Kier alpha value is -2.82. The average molecular weight is 407 g/mol. The van der Waals surface area contributed by atoms with Crippen LogP contribution >= 0.6 is 0 Å². The van der Waals surface area contributed by atoms with Crippen molar-refractivity contribution in [3.05, 3.63) is 48.5 Å². The van der Waals surface area contributed by atoms with Crippen LogP contribution in [0.2, 0.25) is 0 Å². The maximum Gasteiger partial charge on any atom is 0.228 e. The second-order valence-corrected chi connectivity index (χ2v) is 10.0. The summed E-state index contributed by atoms with van der Waals surface area (Å²) in [6.07, 6.45) is 2.63. The van der Waals surface area contributed by atoms with Crippen LogP contribution in [0.4, 0.5) is 11.4 Å².